The van der Waals surface area contributed by atoms with Crippen molar-refractivity contribution in [1.29, 1.82) is 0 Å². The van der Waals surface area contributed by atoms with Gasteiger partial charge in [0.05, 0.1) is 12.1 Å². The summed E-state index contributed by atoms with van der Waals surface area (Å²) in [5.74, 6) is 1.01. The fraction of sp³-hybridized carbons (Fsp3) is 0.933. The number of nitrogens with one attached hydrogen (secondary N) is 1. The molecule has 0 aromatic carbocycles. The van der Waals surface area contributed by atoms with Gasteiger partial charge in [-0.15, -0.1) is 0 Å². The lowest BCUT2D eigenvalue weighted by Crippen LogP contribution is -2.48. The van der Waals surface area contributed by atoms with Gasteiger partial charge >= 0.3 is 0 Å². The predicted molar refractivity (Wildman–Crippen MR) is 76.0 cm³/mol. The largest absolute Gasteiger partial charge is 0.380 e. The minimum Gasteiger partial charge on any atom is -0.380 e. The van der Waals surface area contributed by atoms with E-state index in [1.54, 1.807) is 7.11 Å². The minimum atomic E-state index is -0.0314. The molecule has 1 N–H and O–H groups in total. The molecule has 2 aliphatic heterocycles. The third kappa shape index (κ3) is 3.48. The monoisotopic (exact) mass is 268 g/mol. The molecular weight excluding hydrogens is 240 g/mol. The van der Waals surface area contributed by atoms with E-state index < -0.39 is 0 Å². The summed E-state index contributed by atoms with van der Waals surface area (Å²) >= 11 is 0. The van der Waals surface area contributed by atoms with Crippen molar-refractivity contribution in [2.45, 2.75) is 52.2 Å². The Morgan fingerprint density at radius 3 is 2.37 bits per heavy atom. The fourth-order valence-electron chi connectivity index (χ4n) is 3.26. The molecule has 0 saturated carbocycles. The molecule has 0 bridgehead atoms. The van der Waals surface area contributed by atoms with Gasteiger partial charge in [-0.3, -0.25) is 4.79 Å². The molecule has 4 heteroatoms. The van der Waals surface area contributed by atoms with E-state index in [2.05, 4.69) is 26.1 Å². The Bertz CT molecular complexity index is 317. The summed E-state index contributed by atoms with van der Waals surface area (Å²) in [7, 11) is 1.72. The van der Waals surface area contributed by atoms with E-state index in [1.165, 1.54) is 0 Å². The first kappa shape index (κ1) is 14.8. The molecule has 2 saturated heterocycles. The Hall–Kier alpha value is -0.610. The lowest BCUT2D eigenvalue weighted by Gasteiger charge is -2.39. The highest BCUT2D eigenvalue weighted by Gasteiger charge is 2.35. The Kier molecular flexibility index (Phi) is 4.51. The summed E-state index contributed by atoms with van der Waals surface area (Å²) < 4.78 is 5.31. The van der Waals surface area contributed by atoms with E-state index in [4.69, 9.17) is 4.74 Å². The van der Waals surface area contributed by atoms with E-state index in [1.807, 2.05) is 4.90 Å². The molecule has 2 unspecified atom stereocenters. The maximum atomic E-state index is 12.4. The third-order valence-electron chi connectivity index (χ3n) is 4.75. The van der Waals surface area contributed by atoms with Gasteiger partial charge in [-0.1, -0.05) is 20.8 Å². The zero-order chi connectivity index (χ0) is 14.0. The first-order valence-corrected chi connectivity index (χ1v) is 7.46. The van der Waals surface area contributed by atoms with Crippen molar-refractivity contribution in [2.75, 3.05) is 26.7 Å². The standard InChI is InChI=1S/C15H28N2O2/c1-15(2,3)11-5-7-17(8-6-11)14(18)13-9-12(19-4)10-16-13/h11-13,16H,5-10H2,1-4H3. The molecule has 1 amide bonds. The van der Waals surface area contributed by atoms with Gasteiger partial charge in [0.1, 0.15) is 0 Å². The summed E-state index contributed by atoms with van der Waals surface area (Å²) in [5.41, 5.74) is 0.363. The Balaban J connectivity index is 1.83. The quantitative estimate of drug-likeness (QED) is 0.828. The van der Waals surface area contributed by atoms with Crippen molar-refractivity contribution in [3.63, 3.8) is 0 Å². The van der Waals surface area contributed by atoms with Crippen LogP contribution in [-0.2, 0) is 9.53 Å². The predicted octanol–water partition coefficient (Wildman–Crippen LogP) is 1.65. The molecule has 2 atom stereocenters. The molecule has 2 rings (SSSR count). The first-order valence-electron chi connectivity index (χ1n) is 7.46. The van der Waals surface area contributed by atoms with Gasteiger partial charge in [0.15, 0.2) is 0 Å². The molecule has 19 heavy (non-hydrogen) atoms. The fourth-order valence-corrected chi connectivity index (χ4v) is 3.26. The van der Waals surface area contributed by atoms with Crippen LogP contribution in [0.2, 0.25) is 0 Å². The first-order chi connectivity index (χ1) is 8.91. The number of amides is 1. The average Bonchev–Trinajstić information content (AvgIpc) is 2.86. The Labute approximate surface area is 116 Å². The molecule has 0 aliphatic carbocycles. The second-order valence-corrected chi connectivity index (χ2v) is 7.02. The van der Waals surface area contributed by atoms with Crippen LogP contribution >= 0.6 is 0 Å². The number of nitrogens with zero attached hydrogens (tertiary/aromatic N) is 1. The maximum Gasteiger partial charge on any atom is 0.239 e. The summed E-state index contributed by atoms with van der Waals surface area (Å²) in [6.45, 7) is 9.53. The van der Waals surface area contributed by atoms with Crippen molar-refractivity contribution in [3.05, 3.63) is 0 Å². The molecule has 0 spiro atoms. The highest BCUT2D eigenvalue weighted by Crippen LogP contribution is 2.34. The van der Waals surface area contributed by atoms with Gasteiger partial charge in [-0.25, -0.2) is 0 Å². The van der Waals surface area contributed by atoms with Crippen LogP contribution in [0.3, 0.4) is 0 Å². The molecule has 4 nitrogen and oxygen atoms in total. The second kappa shape index (κ2) is 5.80. The van der Waals surface area contributed by atoms with Gasteiger partial charge in [-0.05, 0) is 30.6 Å². The van der Waals surface area contributed by atoms with Crippen LogP contribution in [0.5, 0.6) is 0 Å². The summed E-state index contributed by atoms with van der Waals surface area (Å²) in [4.78, 5) is 14.5. The van der Waals surface area contributed by atoms with Gasteiger partial charge in [-0.2, -0.15) is 0 Å². The van der Waals surface area contributed by atoms with Crippen molar-refractivity contribution in [1.82, 2.24) is 10.2 Å². The third-order valence-corrected chi connectivity index (χ3v) is 4.75. The Morgan fingerprint density at radius 2 is 1.89 bits per heavy atom. The van der Waals surface area contributed by atoms with Crippen LogP contribution < -0.4 is 5.32 Å². The van der Waals surface area contributed by atoms with Crippen LogP contribution in [0, 0.1) is 11.3 Å². The Morgan fingerprint density at radius 1 is 1.26 bits per heavy atom. The molecule has 2 heterocycles. The second-order valence-electron chi connectivity index (χ2n) is 7.02. The van der Waals surface area contributed by atoms with Crippen LogP contribution in [-0.4, -0.2) is 49.7 Å². The number of piperidine rings is 1. The molecule has 2 fully saturated rings. The van der Waals surface area contributed by atoms with Crippen LogP contribution in [0.4, 0.5) is 0 Å². The number of ether oxygens (including phenoxy) is 1. The molecule has 0 aromatic heterocycles. The van der Waals surface area contributed by atoms with Crippen molar-refractivity contribution in [3.8, 4) is 0 Å². The number of hydrogen-bond acceptors (Lipinski definition) is 3. The van der Waals surface area contributed by atoms with Gasteiger partial charge < -0.3 is 15.0 Å². The number of methoxy groups -OCH3 is 1. The van der Waals surface area contributed by atoms with Crippen LogP contribution in [0.1, 0.15) is 40.0 Å². The van der Waals surface area contributed by atoms with Crippen molar-refractivity contribution in [2.24, 2.45) is 11.3 Å². The SMILES string of the molecule is COC1CNC(C(=O)N2CCC(C(C)(C)C)CC2)C1. The van der Waals surface area contributed by atoms with Gasteiger partial charge in [0.2, 0.25) is 5.91 Å². The van der Waals surface area contributed by atoms with Crippen molar-refractivity contribution >= 4 is 5.91 Å². The van der Waals surface area contributed by atoms with E-state index in [0.29, 0.717) is 5.41 Å². The minimum absolute atomic E-state index is 0.0314. The van der Waals surface area contributed by atoms with E-state index in [0.717, 1.165) is 44.8 Å². The molecule has 2 aliphatic rings. The van der Waals surface area contributed by atoms with Crippen LogP contribution in [0.15, 0.2) is 0 Å². The lowest BCUT2D eigenvalue weighted by molar-refractivity contribution is -0.135. The number of carbonyl (C=O) groups excluding carboxylic acids is 1. The number of likely N-dealkylation sites (tertiary alicyclic amines) is 1. The number of hydrogen-bond donors (Lipinski definition) is 1. The average molecular weight is 268 g/mol. The lowest BCUT2D eigenvalue weighted by atomic mass is 9.75. The van der Waals surface area contributed by atoms with Gasteiger partial charge in [0.25, 0.3) is 0 Å². The highest BCUT2D eigenvalue weighted by atomic mass is 16.5. The summed E-state index contributed by atoms with van der Waals surface area (Å²) in [5, 5.41) is 3.28. The topological polar surface area (TPSA) is 41.6 Å². The maximum absolute atomic E-state index is 12.4. The van der Waals surface area contributed by atoms with Crippen molar-refractivity contribution < 1.29 is 9.53 Å². The molecule has 0 radical (unpaired) electrons. The number of rotatable bonds is 2. The zero-order valence-corrected chi connectivity index (χ0v) is 12.7. The summed E-state index contributed by atoms with van der Waals surface area (Å²) in [6.07, 6.45) is 3.28. The molecule has 110 valence electrons. The summed E-state index contributed by atoms with van der Waals surface area (Å²) in [6, 6.07) is -0.0314. The molecular formula is C15H28N2O2. The van der Waals surface area contributed by atoms with E-state index in [9.17, 15) is 4.79 Å². The van der Waals surface area contributed by atoms with Gasteiger partial charge in [0, 0.05) is 26.7 Å². The number of carbonyl (C=O) groups is 1. The molecule has 0 aromatic rings. The van der Waals surface area contributed by atoms with E-state index >= 15 is 0 Å². The highest BCUT2D eigenvalue weighted by molar-refractivity contribution is 5.82. The zero-order valence-electron chi connectivity index (χ0n) is 12.7. The van der Waals surface area contributed by atoms with Crippen LogP contribution in [0.25, 0.3) is 0 Å². The smallest absolute Gasteiger partial charge is 0.239 e. The van der Waals surface area contributed by atoms with E-state index in [-0.39, 0.29) is 18.1 Å². The normalized spacial score (nSPS) is 29.8.